The normalized spacial score (nSPS) is 20.3. The highest BCUT2D eigenvalue weighted by Crippen LogP contribution is 2.21. The van der Waals surface area contributed by atoms with Gasteiger partial charge in [0.1, 0.15) is 0 Å². The topological polar surface area (TPSA) is 20.3 Å². The molecule has 1 atom stereocenters. The number of rotatable bonds is 4. The van der Waals surface area contributed by atoms with Crippen LogP contribution in [0.3, 0.4) is 0 Å². The number of hydrogen-bond acceptors (Lipinski definition) is 2. The first-order valence-electron chi connectivity index (χ1n) is 6.96. The van der Waals surface area contributed by atoms with Crippen LogP contribution < -0.4 is 0 Å². The lowest BCUT2D eigenvalue weighted by Crippen LogP contribution is -2.34. The van der Waals surface area contributed by atoms with Gasteiger partial charge >= 0.3 is 0 Å². The summed E-state index contributed by atoms with van der Waals surface area (Å²) in [5, 5.41) is 0. The van der Waals surface area contributed by atoms with Gasteiger partial charge in [0.2, 0.25) is 0 Å². The molecule has 0 aliphatic carbocycles. The van der Waals surface area contributed by atoms with E-state index in [0.29, 0.717) is 12.6 Å². The first kappa shape index (κ1) is 13.3. The Morgan fingerprint density at radius 1 is 1.39 bits per heavy atom. The van der Waals surface area contributed by atoms with Crippen molar-refractivity contribution < 1.29 is 4.79 Å². The zero-order chi connectivity index (χ0) is 13.1. The number of carbonyl (C=O) groups excluding carboxylic acids is 1. The Labute approximate surface area is 110 Å². The third-order valence-corrected chi connectivity index (χ3v) is 4.01. The second-order valence-electron chi connectivity index (χ2n) is 5.42. The van der Waals surface area contributed by atoms with Crippen LogP contribution in [0.4, 0.5) is 0 Å². The first-order valence-corrected chi connectivity index (χ1v) is 6.96. The lowest BCUT2D eigenvalue weighted by molar-refractivity contribution is 0.0919. The molecule has 1 aromatic carbocycles. The van der Waals surface area contributed by atoms with E-state index >= 15 is 0 Å². The molecule has 1 aromatic rings. The number of carbonyl (C=O) groups is 1. The molecule has 2 heteroatoms. The van der Waals surface area contributed by atoms with Crippen LogP contribution in [-0.4, -0.2) is 29.8 Å². The van der Waals surface area contributed by atoms with E-state index in [0.717, 1.165) is 29.7 Å². The molecule has 1 heterocycles. The lowest BCUT2D eigenvalue weighted by Gasteiger charge is -2.22. The summed E-state index contributed by atoms with van der Waals surface area (Å²) in [4.78, 5) is 14.7. The number of hydrogen-bond donors (Lipinski definition) is 0. The van der Waals surface area contributed by atoms with Gasteiger partial charge in [-0.15, -0.1) is 0 Å². The van der Waals surface area contributed by atoms with Crippen molar-refractivity contribution in [2.45, 2.75) is 46.1 Å². The monoisotopic (exact) mass is 245 g/mol. The minimum atomic E-state index is 0.275. The average molecular weight is 245 g/mol. The van der Waals surface area contributed by atoms with Crippen molar-refractivity contribution in [3.63, 3.8) is 0 Å². The standard InChI is InChI=1S/C16H23NO/c1-4-14-6-5-9-17(14)11-16(18)15-10-12(2)7-8-13(15)3/h7-8,10,14H,4-6,9,11H2,1-3H3. The molecule has 1 unspecified atom stereocenters. The number of benzene rings is 1. The van der Waals surface area contributed by atoms with Gasteiger partial charge in [0, 0.05) is 11.6 Å². The number of likely N-dealkylation sites (tertiary alicyclic amines) is 1. The zero-order valence-corrected chi connectivity index (χ0v) is 11.7. The summed E-state index contributed by atoms with van der Waals surface area (Å²) >= 11 is 0. The Kier molecular flexibility index (Phi) is 4.18. The molecule has 1 saturated heterocycles. The maximum absolute atomic E-state index is 12.4. The van der Waals surface area contributed by atoms with Gasteiger partial charge in [-0.25, -0.2) is 0 Å². The molecule has 98 valence electrons. The predicted molar refractivity (Wildman–Crippen MR) is 75.1 cm³/mol. The Morgan fingerprint density at radius 2 is 2.17 bits per heavy atom. The van der Waals surface area contributed by atoms with Crippen LogP contribution in [0, 0.1) is 13.8 Å². The molecule has 0 radical (unpaired) electrons. The van der Waals surface area contributed by atoms with Crippen molar-refractivity contribution in [1.29, 1.82) is 0 Å². The molecule has 1 aliphatic rings. The smallest absolute Gasteiger partial charge is 0.177 e. The van der Waals surface area contributed by atoms with Gasteiger partial charge in [-0.05, 0) is 51.3 Å². The van der Waals surface area contributed by atoms with E-state index in [4.69, 9.17) is 0 Å². The van der Waals surface area contributed by atoms with Gasteiger partial charge < -0.3 is 0 Å². The van der Waals surface area contributed by atoms with Gasteiger partial charge in [0.05, 0.1) is 6.54 Å². The third kappa shape index (κ3) is 2.81. The minimum Gasteiger partial charge on any atom is -0.293 e. The van der Waals surface area contributed by atoms with E-state index < -0.39 is 0 Å². The fraction of sp³-hybridized carbons (Fsp3) is 0.562. The first-order chi connectivity index (χ1) is 8.61. The molecule has 0 spiro atoms. The van der Waals surface area contributed by atoms with E-state index in [1.807, 2.05) is 26.0 Å². The summed E-state index contributed by atoms with van der Waals surface area (Å²) in [7, 11) is 0. The summed E-state index contributed by atoms with van der Waals surface area (Å²) in [5.41, 5.74) is 3.16. The highest BCUT2D eigenvalue weighted by Gasteiger charge is 2.25. The average Bonchev–Trinajstić information content (AvgIpc) is 2.79. The van der Waals surface area contributed by atoms with E-state index in [1.54, 1.807) is 0 Å². The van der Waals surface area contributed by atoms with Crippen molar-refractivity contribution in [2.24, 2.45) is 0 Å². The van der Waals surface area contributed by atoms with Crippen molar-refractivity contribution >= 4 is 5.78 Å². The van der Waals surface area contributed by atoms with Crippen molar-refractivity contribution in [3.8, 4) is 0 Å². The molecule has 0 amide bonds. The van der Waals surface area contributed by atoms with Gasteiger partial charge in [0.15, 0.2) is 5.78 Å². The van der Waals surface area contributed by atoms with Gasteiger partial charge in [-0.2, -0.15) is 0 Å². The van der Waals surface area contributed by atoms with Crippen LogP contribution in [0.1, 0.15) is 47.7 Å². The maximum Gasteiger partial charge on any atom is 0.177 e. The highest BCUT2D eigenvalue weighted by atomic mass is 16.1. The third-order valence-electron chi connectivity index (χ3n) is 4.01. The second kappa shape index (κ2) is 5.66. The number of ketones is 1. The van der Waals surface area contributed by atoms with Crippen LogP contribution in [0.2, 0.25) is 0 Å². The zero-order valence-electron chi connectivity index (χ0n) is 11.7. The van der Waals surface area contributed by atoms with Crippen molar-refractivity contribution in [3.05, 3.63) is 34.9 Å². The summed E-state index contributed by atoms with van der Waals surface area (Å²) < 4.78 is 0. The van der Waals surface area contributed by atoms with E-state index in [2.05, 4.69) is 17.9 Å². The Morgan fingerprint density at radius 3 is 2.89 bits per heavy atom. The molecule has 1 fully saturated rings. The second-order valence-corrected chi connectivity index (χ2v) is 5.42. The van der Waals surface area contributed by atoms with Crippen molar-refractivity contribution in [2.75, 3.05) is 13.1 Å². The molecule has 0 bridgehead atoms. The Balaban J connectivity index is 2.09. The maximum atomic E-state index is 12.4. The minimum absolute atomic E-state index is 0.275. The molecule has 0 aromatic heterocycles. The van der Waals surface area contributed by atoms with Gasteiger partial charge in [0.25, 0.3) is 0 Å². The Bertz CT molecular complexity index is 439. The lowest BCUT2D eigenvalue weighted by atomic mass is 10.0. The van der Waals surface area contributed by atoms with Crippen LogP contribution in [0.25, 0.3) is 0 Å². The van der Waals surface area contributed by atoms with Crippen LogP contribution in [0.5, 0.6) is 0 Å². The number of nitrogens with zero attached hydrogens (tertiary/aromatic N) is 1. The molecule has 18 heavy (non-hydrogen) atoms. The fourth-order valence-electron chi connectivity index (χ4n) is 2.87. The molecule has 0 saturated carbocycles. The molecule has 0 N–H and O–H groups in total. The predicted octanol–water partition coefficient (Wildman–Crippen LogP) is 3.36. The molecule has 2 rings (SSSR count). The summed E-state index contributed by atoms with van der Waals surface area (Å²) in [5.74, 6) is 0.275. The van der Waals surface area contributed by atoms with Crippen LogP contribution >= 0.6 is 0 Å². The van der Waals surface area contributed by atoms with Crippen LogP contribution in [0.15, 0.2) is 18.2 Å². The summed E-state index contributed by atoms with van der Waals surface area (Å²) in [6.07, 6.45) is 3.63. The Hall–Kier alpha value is -1.15. The quantitative estimate of drug-likeness (QED) is 0.758. The van der Waals surface area contributed by atoms with E-state index in [1.165, 1.54) is 12.8 Å². The SMILES string of the molecule is CCC1CCCN1CC(=O)c1cc(C)ccc1C. The van der Waals surface area contributed by atoms with Crippen LogP contribution in [-0.2, 0) is 0 Å². The van der Waals surface area contributed by atoms with Gasteiger partial charge in [-0.3, -0.25) is 9.69 Å². The summed E-state index contributed by atoms with van der Waals surface area (Å²) in [6, 6.07) is 6.74. The van der Waals surface area contributed by atoms with Crippen molar-refractivity contribution in [1.82, 2.24) is 4.90 Å². The molecule has 2 nitrogen and oxygen atoms in total. The van der Waals surface area contributed by atoms with E-state index in [9.17, 15) is 4.79 Å². The van der Waals surface area contributed by atoms with E-state index in [-0.39, 0.29) is 5.78 Å². The summed E-state index contributed by atoms with van der Waals surface area (Å²) in [6.45, 7) is 7.94. The fourth-order valence-corrected chi connectivity index (χ4v) is 2.87. The number of Topliss-reactive ketones (excluding diaryl/α,β-unsaturated/α-hetero) is 1. The molecular formula is C16H23NO. The largest absolute Gasteiger partial charge is 0.293 e. The molecule has 1 aliphatic heterocycles. The number of aryl methyl sites for hydroxylation is 2. The molecular weight excluding hydrogens is 222 g/mol. The highest BCUT2D eigenvalue weighted by molar-refractivity contribution is 5.99. The van der Waals surface area contributed by atoms with Gasteiger partial charge in [-0.1, -0.05) is 24.6 Å².